The Hall–Kier alpha value is -2.04. The summed E-state index contributed by atoms with van der Waals surface area (Å²) in [4.78, 5) is 25.9. The molecule has 0 aromatic heterocycles. The Bertz CT molecular complexity index is 512. The number of carbonyl (C=O) groups is 2. The molecule has 0 unspecified atom stereocenters. The fourth-order valence-electron chi connectivity index (χ4n) is 2.08. The third kappa shape index (κ3) is 4.77. The molecule has 0 aliphatic heterocycles. The number of benzene rings is 1. The second-order valence-corrected chi connectivity index (χ2v) is 5.40. The second-order valence-electron chi connectivity index (χ2n) is 5.40. The molecular weight excluding hydrogens is 268 g/mol. The van der Waals surface area contributed by atoms with E-state index in [2.05, 4.69) is 0 Å². The highest BCUT2D eigenvalue weighted by atomic mass is 16.5. The number of hydrogen-bond acceptors (Lipinski definition) is 4. The SMILES string of the molecule is CCOC(=O)CN(CC(C)C)C(=O)c1cccc(N)c1C. The number of hydrogen-bond donors (Lipinski definition) is 1. The van der Waals surface area contributed by atoms with Crippen molar-refractivity contribution >= 4 is 17.6 Å². The van der Waals surface area contributed by atoms with Crippen LogP contribution in [0.25, 0.3) is 0 Å². The first-order chi connectivity index (χ1) is 9.86. The summed E-state index contributed by atoms with van der Waals surface area (Å²) in [6.45, 7) is 8.30. The molecule has 0 aliphatic rings. The fourth-order valence-corrected chi connectivity index (χ4v) is 2.08. The first-order valence-electron chi connectivity index (χ1n) is 7.16. The predicted octanol–water partition coefficient (Wildman–Crippen LogP) is 2.24. The van der Waals surface area contributed by atoms with Gasteiger partial charge in [-0.3, -0.25) is 9.59 Å². The van der Waals surface area contributed by atoms with Gasteiger partial charge >= 0.3 is 5.97 Å². The number of rotatable bonds is 6. The molecule has 1 rings (SSSR count). The van der Waals surface area contributed by atoms with Crippen molar-refractivity contribution in [2.75, 3.05) is 25.4 Å². The normalized spacial score (nSPS) is 10.5. The van der Waals surface area contributed by atoms with Gasteiger partial charge in [0, 0.05) is 17.8 Å². The van der Waals surface area contributed by atoms with Crippen LogP contribution in [-0.4, -0.2) is 36.5 Å². The number of nitrogen functional groups attached to an aromatic ring is 1. The molecule has 1 aromatic rings. The topological polar surface area (TPSA) is 72.6 Å². The van der Waals surface area contributed by atoms with Gasteiger partial charge in [-0.1, -0.05) is 19.9 Å². The van der Waals surface area contributed by atoms with Gasteiger partial charge in [-0.15, -0.1) is 0 Å². The van der Waals surface area contributed by atoms with Gasteiger partial charge in [0.25, 0.3) is 5.91 Å². The highest BCUT2D eigenvalue weighted by molar-refractivity contribution is 5.98. The van der Waals surface area contributed by atoms with Crippen LogP contribution in [0.5, 0.6) is 0 Å². The summed E-state index contributed by atoms with van der Waals surface area (Å²) in [6, 6.07) is 5.23. The fraction of sp³-hybridized carbons (Fsp3) is 0.500. The van der Waals surface area contributed by atoms with Gasteiger partial charge in [-0.2, -0.15) is 0 Å². The second kappa shape index (κ2) is 7.67. The minimum atomic E-state index is -0.395. The summed E-state index contributed by atoms with van der Waals surface area (Å²) in [5, 5.41) is 0. The Kier molecular flexibility index (Phi) is 6.21. The lowest BCUT2D eigenvalue weighted by Crippen LogP contribution is -2.39. The Labute approximate surface area is 126 Å². The van der Waals surface area contributed by atoms with E-state index < -0.39 is 5.97 Å². The summed E-state index contributed by atoms with van der Waals surface area (Å²) < 4.78 is 4.94. The number of nitrogens with zero attached hydrogens (tertiary/aromatic N) is 1. The molecular formula is C16H24N2O3. The standard InChI is InChI=1S/C16H24N2O3/c1-5-21-15(19)10-18(9-11(2)3)16(20)13-7-6-8-14(17)12(13)4/h6-8,11H,5,9-10,17H2,1-4H3. The lowest BCUT2D eigenvalue weighted by molar-refractivity contribution is -0.143. The first kappa shape index (κ1) is 17.0. The average molecular weight is 292 g/mol. The van der Waals surface area contributed by atoms with Crippen LogP contribution in [0.2, 0.25) is 0 Å². The van der Waals surface area contributed by atoms with Gasteiger partial charge in [0.05, 0.1) is 6.61 Å². The first-order valence-corrected chi connectivity index (χ1v) is 7.16. The molecule has 116 valence electrons. The maximum atomic E-state index is 12.7. The molecule has 1 aromatic carbocycles. The van der Waals surface area contributed by atoms with Gasteiger partial charge < -0.3 is 15.4 Å². The van der Waals surface area contributed by atoms with Crippen molar-refractivity contribution in [2.45, 2.75) is 27.7 Å². The Morgan fingerprint density at radius 3 is 2.57 bits per heavy atom. The third-order valence-corrected chi connectivity index (χ3v) is 3.10. The Balaban J connectivity index is 2.99. The summed E-state index contributed by atoms with van der Waals surface area (Å²) in [5.41, 5.74) is 7.68. The maximum Gasteiger partial charge on any atom is 0.325 e. The monoisotopic (exact) mass is 292 g/mol. The van der Waals surface area contributed by atoms with Crippen molar-refractivity contribution in [3.63, 3.8) is 0 Å². The van der Waals surface area contributed by atoms with Crippen LogP contribution >= 0.6 is 0 Å². The third-order valence-electron chi connectivity index (χ3n) is 3.10. The molecule has 0 atom stereocenters. The molecule has 0 fully saturated rings. The number of nitrogens with two attached hydrogens (primary N) is 1. The zero-order chi connectivity index (χ0) is 16.0. The van der Waals surface area contributed by atoms with E-state index in [1.807, 2.05) is 13.8 Å². The highest BCUT2D eigenvalue weighted by Crippen LogP contribution is 2.18. The molecule has 5 heteroatoms. The largest absolute Gasteiger partial charge is 0.465 e. The molecule has 0 saturated carbocycles. The summed E-state index contributed by atoms with van der Waals surface area (Å²) >= 11 is 0. The summed E-state index contributed by atoms with van der Waals surface area (Å²) in [7, 11) is 0. The van der Waals surface area contributed by atoms with Crippen molar-refractivity contribution in [2.24, 2.45) is 5.92 Å². The number of ether oxygens (including phenoxy) is 1. The Morgan fingerprint density at radius 2 is 2.00 bits per heavy atom. The van der Waals surface area contributed by atoms with Gasteiger partial charge in [-0.25, -0.2) is 0 Å². The van der Waals surface area contributed by atoms with Gasteiger partial charge in [-0.05, 0) is 37.5 Å². The van der Waals surface area contributed by atoms with E-state index in [9.17, 15) is 9.59 Å². The van der Waals surface area contributed by atoms with Crippen molar-refractivity contribution in [1.82, 2.24) is 4.90 Å². The van der Waals surface area contributed by atoms with Crippen LogP contribution in [0.4, 0.5) is 5.69 Å². The van der Waals surface area contributed by atoms with Crippen LogP contribution < -0.4 is 5.73 Å². The van der Waals surface area contributed by atoms with E-state index in [1.54, 1.807) is 32.0 Å². The molecule has 0 bridgehead atoms. The molecule has 21 heavy (non-hydrogen) atoms. The molecule has 0 aliphatic carbocycles. The highest BCUT2D eigenvalue weighted by Gasteiger charge is 2.22. The quantitative estimate of drug-likeness (QED) is 0.644. The van der Waals surface area contributed by atoms with Crippen molar-refractivity contribution in [3.05, 3.63) is 29.3 Å². The molecule has 0 heterocycles. The van der Waals surface area contributed by atoms with Crippen LogP contribution in [0, 0.1) is 12.8 Å². The van der Waals surface area contributed by atoms with Gasteiger partial charge in [0.15, 0.2) is 0 Å². The van der Waals surface area contributed by atoms with E-state index in [-0.39, 0.29) is 18.4 Å². The van der Waals surface area contributed by atoms with Crippen LogP contribution in [0.3, 0.4) is 0 Å². The van der Waals surface area contributed by atoms with E-state index in [0.717, 1.165) is 5.56 Å². The minimum absolute atomic E-state index is 0.0426. The minimum Gasteiger partial charge on any atom is -0.465 e. The van der Waals surface area contributed by atoms with Crippen molar-refractivity contribution < 1.29 is 14.3 Å². The van der Waals surface area contributed by atoms with Gasteiger partial charge in [0.1, 0.15) is 6.54 Å². The van der Waals surface area contributed by atoms with E-state index >= 15 is 0 Å². The summed E-state index contributed by atoms with van der Waals surface area (Å²) in [5.74, 6) is -0.334. The van der Waals surface area contributed by atoms with E-state index in [4.69, 9.17) is 10.5 Å². The zero-order valence-corrected chi connectivity index (χ0v) is 13.2. The number of amides is 1. The molecule has 0 saturated heterocycles. The van der Waals surface area contributed by atoms with E-state index in [0.29, 0.717) is 24.4 Å². The molecule has 1 amide bonds. The molecule has 2 N–H and O–H groups in total. The van der Waals surface area contributed by atoms with Crippen LogP contribution in [-0.2, 0) is 9.53 Å². The summed E-state index contributed by atoms with van der Waals surface area (Å²) in [6.07, 6.45) is 0. The maximum absolute atomic E-state index is 12.7. The van der Waals surface area contributed by atoms with Crippen LogP contribution in [0.1, 0.15) is 36.7 Å². The smallest absolute Gasteiger partial charge is 0.325 e. The van der Waals surface area contributed by atoms with Gasteiger partial charge in [0.2, 0.25) is 0 Å². The number of anilines is 1. The Morgan fingerprint density at radius 1 is 1.33 bits per heavy atom. The lowest BCUT2D eigenvalue weighted by Gasteiger charge is -2.24. The number of esters is 1. The van der Waals surface area contributed by atoms with E-state index in [1.165, 1.54) is 4.90 Å². The van der Waals surface area contributed by atoms with Crippen LogP contribution in [0.15, 0.2) is 18.2 Å². The lowest BCUT2D eigenvalue weighted by atomic mass is 10.0. The molecule has 0 radical (unpaired) electrons. The average Bonchev–Trinajstić information content (AvgIpc) is 2.40. The predicted molar refractivity (Wildman–Crippen MR) is 83.0 cm³/mol. The van der Waals surface area contributed by atoms with Crippen molar-refractivity contribution in [1.29, 1.82) is 0 Å². The number of carbonyl (C=O) groups excluding carboxylic acids is 2. The molecule has 0 spiro atoms. The molecule has 5 nitrogen and oxygen atoms in total. The zero-order valence-electron chi connectivity index (χ0n) is 13.2. The van der Waals surface area contributed by atoms with Crippen molar-refractivity contribution in [3.8, 4) is 0 Å².